The SMILES string of the molecule is CCC(C(=O)NC1CCCCC1)N(Cc1ccccc1)C(=O)CN(c1ccc(Cl)cc1Cl)S(=O)(=O)c1ccccc1. The van der Waals surface area contributed by atoms with Crippen molar-refractivity contribution in [3.8, 4) is 0 Å². The van der Waals surface area contributed by atoms with Crippen molar-refractivity contribution in [1.82, 2.24) is 10.2 Å². The molecule has 0 aromatic heterocycles. The Labute approximate surface area is 252 Å². The highest BCUT2D eigenvalue weighted by Crippen LogP contribution is 2.33. The first-order valence-electron chi connectivity index (χ1n) is 13.9. The molecular formula is C31H35Cl2N3O4S. The van der Waals surface area contributed by atoms with Gasteiger partial charge in [0.05, 0.1) is 15.6 Å². The highest BCUT2D eigenvalue weighted by atomic mass is 35.5. The molecule has 41 heavy (non-hydrogen) atoms. The summed E-state index contributed by atoms with van der Waals surface area (Å²) in [6.07, 6.45) is 5.45. The minimum Gasteiger partial charge on any atom is -0.352 e. The van der Waals surface area contributed by atoms with Crippen LogP contribution in [-0.2, 0) is 26.2 Å². The summed E-state index contributed by atoms with van der Waals surface area (Å²) in [4.78, 5) is 29.2. The molecule has 1 atom stereocenters. The molecule has 218 valence electrons. The van der Waals surface area contributed by atoms with Gasteiger partial charge in [0, 0.05) is 17.6 Å². The van der Waals surface area contributed by atoms with E-state index >= 15 is 0 Å². The number of sulfonamides is 1. The minimum atomic E-state index is -4.21. The second kappa shape index (κ2) is 14.2. The van der Waals surface area contributed by atoms with Crippen LogP contribution in [0.25, 0.3) is 0 Å². The van der Waals surface area contributed by atoms with Gasteiger partial charge in [0.2, 0.25) is 11.8 Å². The van der Waals surface area contributed by atoms with Gasteiger partial charge in [0.25, 0.3) is 10.0 Å². The number of halogens is 2. The Morgan fingerprint density at radius 2 is 1.56 bits per heavy atom. The number of carbonyl (C=O) groups is 2. The third kappa shape index (κ3) is 7.82. The normalized spacial score (nSPS) is 14.7. The van der Waals surface area contributed by atoms with E-state index in [9.17, 15) is 18.0 Å². The molecule has 7 nitrogen and oxygen atoms in total. The quantitative estimate of drug-likeness (QED) is 0.269. The van der Waals surface area contributed by atoms with E-state index in [4.69, 9.17) is 23.2 Å². The van der Waals surface area contributed by atoms with Gasteiger partial charge in [-0.05, 0) is 55.2 Å². The van der Waals surface area contributed by atoms with Gasteiger partial charge < -0.3 is 10.2 Å². The van der Waals surface area contributed by atoms with Crippen molar-refractivity contribution in [3.05, 3.63) is 94.5 Å². The first-order chi connectivity index (χ1) is 19.7. The zero-order valence-electron chi connectivity index (χ0n) is 23.0. The second-order valence-corrected chi connectivity index (χ2v) is 12.9. The Hall–Kier alpha value is -3.07. The Morgan fingerprint density at radius 1 is 0.927 bits per heavy atom. The van der Waals surface area contributed by atoms with Crippen molar-refractivity contribution < 1.29 is 18.0 Å². The fourth-order valence-corrected chi connectivity index (χ4v) is 7.18. The maximum atomic E-state index is 14.2. The molecule has 1 aliphatic rings. The van der Waals surface area contributed by atoms with Gasteiger partial charge >= 0.3 is 0 Å². The molecule has 0 heterocycles. The lowest BCUT2D eigenvalue weighted by molar-refractivity contribution is -0.140. The first kappa shape index (κ1) is 30.9. The number of nitrogens with one attached hydrogen (secondary N) is 1. The molecule has 1 fully saturated rings. The molecule has 0 radical (unpaired) electrons. The van der Waals surface area contributed by atoms with Crippen LogP contribution in [0.1, 0.15) is 51.0 Å². The number of carbonyl (C=O) groups excluding carboxylic acids is 2. The van der Waals surface area contributed by atoms with Crippen molar-refractivity contribution in [2.45, 2.75) is 69.0 Å². The van der Waals surface area contributed by atoms with Gasteiger partial charge in [-0.1, -0.05) is 97.9 Å². The highest BCUT2D eigenvalue weighted by Gasteiger charge is 2.35. The lowest BCUT2D eigenvalue weighted by atomic mass is 9.95. The summed E-state index contributed by atoms with van der Waals surface area (Å²) in [5, 5.41) is 3.56. The van der Waals surface area contributed by atoms with E-state index in [1.165, 1.54) is 35.2 Å². The molecule has 2 amide bonds. The predicted octanol–water partition coefficient (Wildman–Crippen LogP) is 6.45. The summed E-state index contributed by atoms with van der Waals surface area (Å²) in [7, 11) is -4.21. The number of hydrogen-bond acceptors (Lipinski definition) is 4. The van der Waals surface area contributed by atoms with Gasteiger partial charge in [-0.15, -0.1) is 0 Å². The van der Waals surface area contributed by atoms with Crippen molar-refractivity contribution in [1.29, 1.82) is 0 Å². The van der Waals surface area contributed by atoms with Gasteiger partial charge in [-0.2, -0.15) is 0 Å². The van der Waals surface area contributed by atoms with Gasteiger partial charge in [-0.3, -0.25) is 13.9 Å². The summed E-state index contributed by atoms with van der Waals surface area (Å²) in [5.74, 6) is -0.754. The molecule has 0 spiro atoms. The zero-order chi connectivity index (χ0) is 29.4. The lowest BCUT2D eigenvalue weighted by Gasteiger charge is -2.34. The Morgan fingerprint density at radius 3 is 2.17 bits per heavy atom. The van der Waals surface area contributed by atoms with Crippen molar-refractivity contribution in [2.75, 3.05) is 10.8 Å². The molecule has 3 aromatic carbocycles. The molecule has 0 aliphatic heterocycles. The molecule has 0 saturated heterocycles. The van der Waals surface area contributed by atoms with Crippen LogP contribution in [0.5, 0.6) is 0 Å². The summed E-state index contributed by atoms with van der Waals surface area (Å²) in [6, 6.07) is 20.9. The van der Waals surface area contributed by atoms with Crippen LogP contribution in [-0.4, -0.2) is 43.8 Å². The number of benzene rings is 3. The largest absolute Gasteiger partial charge is 0.352 e. The summed E-state index contributed by atoms with van der Waals surface area (Å²) >= 11 is 12.6. The maximum Gasteiger partial charge on any atom is 0.264 e. The van der Waals surface area contributed by atoms with Crippen LogP contribution in [0.3, 0.4) is 0 Å². The molecule has 3 aromatic rings. The minimum absolute atomic E-state index is 0.00973. The first-order valence-corrected chi connectivity index (χ1v) is 16.1. The van der Waals surface area contributed by atoms with E-state index in [2.05, 4.69) is 5.32 Å². The molecular weight excluding hydrogens is 581 g/mol. The average molecular weight is 617 g/mol. The Balaban J connectivity index is 1.71. The third-order valence-electron chi connectivity index (χ3n) is 7.32. The number of amides is 2. The fourth-order valence-electron chi connectivity index (χ4n) is 5.16. The monoisotopic (exact) mass is 615 g/mol. The Kier molecular flexibility index (Phi) is 10.7. The van der Waals surface area contributed by atoms with E-state index in [0.29, 0.717) is 11.4 Å². The molecule has 0 bridgehead atoms. The predicted molar refractivity (Wildman–Crippen MR) is 164 cm³/mol. The lowest BCUT2D eigenvalue weighted by Crippen LogP contribution is -2.54. The van der Waals surface area contributed by atoms with Crippen LogP contribution in [0.2, 0.25) is 10.0 Å². The van der Waals surface area contributed by atoms with Crippen molar-refractivity contribution in [3.63, 3.8) is 0 Å². The van der Waals surface area contributed by atoms with Crippen molar-refractivity contribution >= 4 is 50.7 Å². The van der Waals surface area contributed by atoms with Gasteiger partial charge in [0.15, 0.2) is 0 Å². The standard InChI is InChI=1S/C31H35Cl2N3O4S/c1-2-28(31(38)34-25-14-8-4-9-15-25)35(21-23-12-6-3-7-13-23)30(37)22-36(29-19-18-24(32)20-27(29)33)41(39,40)26-16-10-5-11-17-26/h3,5-7,10-13,16-20,25,28H,2,4,8-9,14-15,21-22H2,1H3,(H,34,38). The smallest absolute Gasteiger partial charge is 0.264 e. The molecule has 1 saturated carbocycles. The van der Waals surface area contributed by atoms with Crippen LogP contribution in [0.15, 0.2) is 83.8 Å². The van der Waals surface area contributed by atoms with Crippen molar-refractivity contribution in [2.24, 2.45) is 0 Å². The average Bonchev–Trinajstić information content (AvgIpc) is 2.97. The number of hydrogen-bond donors (Lipinski definition) is 1. The number of rotatable bonds is 11. The molecule has 1 aliphatic carbocycles. The summed E-state index contributed by atoms with van der Waals surface area (Å²) in [5.41, 5.74) is 0.944. The summed E-state index contributed by atoms with van der Waals surface area (Å²) in [6.45, 7) is 1.44. The highest BCUT2D eigenvalue weighted by molar-refractivity contribution is 7.92. The van der Waals surface area contributed by atoms with Crippen LogP contribution in [0.4, 0.5) is 5.69 Å². The zero-order valence-corrected chi connectivity index (χ0v) is 25.3. The molecule has 4 rings (SSSR count). The van der Waals surface area contributed by atoms with E-state index < -0.39 is 28.5 Å². The maximum absolute atomic E-state index is 14.2. The Bertz CT molecular complexity index is 1430. The number of nitrogens with zero attached hydrogens (tertiary/aromatic N) is 2. The van der Waals surface area contributed by atoms with E-state index in [1.54, 1.807) is 18.2 Å². The number of anilines is 1. The van der Waals surface area contributed by atoms with Gasteiger partial charge in [-0.25, -0.2) is 8.42 Å². The van der Waals surface area contributed by atoms with Crippen LogP contribution in [0, 0.1) is 0 Å². The van der Waals surface area contributed by atoms with Crippen LogP contribution >= 0.6 is 23.2 Å². The summed E-state index contributed by atoms with van der Waals surface area (Å²) < 4.78 is 28.8. The third-order valence-corrected chi connectivity index (χ3v) is 9.63. The van der Waals surface area contributed by atoms with E-state index in [0.717, 1.165) is 42.0 Å². The molecule has 1 N–H and O–H groups in total. The fraction of sp³-hybridized carbons (Fsp3) is 0.355. The van der Waals surface area contributed by atoms with Gasteiger partial charge in [0.1, 0.15) is 12.6 Å². The molecule has 10 heteroatoms. The van der Waals surface area contributed by atoms with E-state index in [1.807, 2.05) is 37.3 Å². The van der Waals surface area contributed by atoms with E-state index in [-0.39, 0.29) is 34.1 Å². The topological polar surface area (TPSA) is 86.8 Å². The second-order valence-electron chi connectivity index (χ2n) is 10.2. The molecule has 1 unspecified atom stereocenters. The van der Waals surface area contributed by atoms with Crippen LogP contribution < -0.4 is 9.62 Å².